The quantitative estimate of drug-likeness (QED) is 0.645. The van der Waals surface area contributed by atoms with E-state index in [9.17, 15) is 9.59 Å². The van der Waals surface area contributed by atoms with E-state index in [1.165, 1.54) is 6.92 Å². The molecule has 1 heterocycles. The van der Waals surface area contributed by atoms with E-state index in [2.05, 4.69) is 15.6 Å². The van der Waals surface area contributed by atoms with Crippen LogP contribution in [0, 0.1) is 6.92 Å². The summed E-state index contributed by atoms with van der Waals surface area (Å²) in [5, 5.41) is 6.12. The highest BCUT2D eigenvalue weighted by Gasteiger charge is 2.09. The van der Waals surface area contributed by atoms with Gasteiger partial charge < -0.3 is 10.6 Å². The fourth-order valence-corrected chi connectivity index (χ4v) is 2.66. The van der Waals surface area contributed by atoms with Gasteiger partial charge in [0.2, 0.25) is 0 Å². The molecule has 1 amide bonds. The van der Waals surface area contributed by atoms with Crippen LogP contribution in [-0.2, 0) is 6.54 Å². The smallest absolute Gasteiger partial charge is 0.270 e. The van der Waals surface area contributed by atoms with Gasteiger partial charge in [-0.1, -0.05) is 24.3 Å². The van der Waals surface area contributed by atoms with Gasteiger partial charge in [-0.15, -0.1) is 0 Å². The second-order valence-electron chi connectivity index (χ2n) is 6.30. The number of carbonyl (C=O) groups excluding carboxylic acids is 2. The van der Waals surface area contributed by atoms with Gasteiger partial charge in [-0.3, -0.25) is 14.6 Å². The minimum atomic E-state index is -0.228. The standard InChI is InChI=1S/C22H21N3O2/c1-15-5-3-4-6-18(15)14-24-22(27)21-13-20(11-12-23-21)25-19-9-7-17(8-10-19)16(2)26/h3-13H,14H2,1-2H3,(H,23,25)(H,24,27). The van der Waals surface area contributed by atoms with Gasteiger partial charge in [0.05, 0.1) is 0 Å². The van der Waals surface area contributed by atoms with Crippen molar-refractivity contribution in [3.05, 3.63) is 89.2 Å². The molecule has 27 heavy (non-hydrogen) atoms. The molecule has 0 fully saturated rings. The first-order valence-corrected chi connectivity index (χ1v) is 8.70. The first kappa shape index (κ1) is 18.3. The molecule has 0 saturated carbocycles. The van der Waals surface area contributed by atoms with E-state index in [1.54, 1.807) is 30.5 Å². The summed E-state index contributed by atoms with van der Waals surface area (Å²) in [6.07, 6.45) is 1.59. The molecule has 0 atom stereocenters. The SMILES string of the molecule is CC(=O)c1ccc(Nc2ccnc(C(=O)NCc3ccccc3C)c2)cc1. The highest BCUT2D eigenvalue weighted by Crippen LogP contribution is 2.18. The molecule has 5 nitrogen and oxygen atoms in total. The molecule has 0 aliphatic carbocycles. The zero-order valence-electron chi connectivity index (χ0n) is 15.3. The van der Waals surface area contributed by atoms with Gasteiger partial charge in [0, 0.05) is 29.7 Å². The van der Waals surface area contributed by atoms with Gasteiger partial charge >= 0.3 is 0 Å². The Kier molecular flexibility index (Phi) is 5.61. The monoisotopic (exact) mass is 359 g/mol. The summed E-state index contributed by atoms with van der Waals surface area (Å²) in [5.74, 6) is -0.202. The van der Waals surface area contributed by atoms with Crippen molar-refractivity contribution < 1.29 is 9.59 Å². The third-order valence-corrected chi connectivity index (χ3v) is 4.27. The summed E-state index contributed by atoms with van der Waals surface area (Å²) >= 11 is 0. The molecular weight excluding hydrogens is 338 g/mol. The van der Waals surface area contributed by atoms with Crippen LogP contribution in [0.15, 0.2) is 66.9 Å². The van der Waals surface area contributed by atoms with E-state index in [0.29, 0.717) is 17.8 Å². The Labute approximate surface area is 158 Å². The number of carbonyl (C=O) groups is 2. The van der Waals surface area contributed by atoms with Crippen molar-refractivity contribution in [3.63, 3.8) is 0 Å². The zero-order chi connectivity index (χ0) is 19.2. The van der Waals surface area contributed by atoms with E-state index < -0.39 is 0 Å². The molecule has 0 unspecified atom stereocenters. The van der Waals surface area contributed by atoms with Crippen LogP contribution in [0.1, 0.15) is 38.9 Å². The number of Topliss-reactive ketones (excluding diaryl/α,β-unsaturated/α-hetero) is 1. The van der Waals surface area contributed by atoms with Gasteiger partial charge in [-0.05, 0) is 61.4 Å². The Hall–Kier alpha value is -3.47. The number of hydrogen-bond donors (Lipinski definition) is 2. The average Bonchev–Trinajstić information content (AvgIpc) is 2.68. The largest absolute Gasteiger partial charge is 0.355 e. The zero-order valence-corrected chi connectivity index (χ0v) is 15.3. The molecule has 0 aliphatic rings. The highest BCUT2D eigenvalue weighted by atomic mass is 16.1. The molecule has 1 aromatic heterocycles. The Bertz CT molecular complexity index is 965. The molecule has 136 valence electrons. The number of aromatic nitrogens is 1. The fraction of sp³-hybridized carbons (Fsp3) is 0.136. The first-order chi connectivity index (χ1) is 13.0. The van der Waals surface area contributed by atoms with Crippen LogP contribution in [-0.4, -0.2) is 16.7 Å². The van der Waals surface area contributed by atoms with Crippen molar-refractivity contribution >= 4 is 23.1 Å². The Morgan fingerprint density at radius 3 is 2.41 bits per heavy atom. The maximum absolute atomic E-state index is 12.4. The summed E-state index contributed by atoms with van der Waals surface area (Å²) in [4.78, 5) is 27.9. The van der Waals surface area contributed by atoms with Crippen molar-refractivity contribution in [2.24, 2.45) is 0 Å². The van der Waals surface area contributed by atoms with Crippen LogP contribution < -0.4 is 10.6 Å². The summed E-state index contributed by atoms with van der Waals surface area (Å²) in [6.45, 7) is 4.01. The molecule has 2 aromatic carbocycles. The fourth-order valence-electron chi connectivity index (χ4n) is 2.66. The topological polar surface area (TPSA) is 71.1 Å². The number of pyridine rings is 1. The van der Waals surface area contributed by atoms with Crippen molar-refractivity contribution in [3.8, 4) is 0 Å². The lowest BCUT2D eigenvalue weighted by Gasteiger charge is -2.10. The Morgan fingerprint density at radius 2 is 1.70 bits per heavy atom. The minimum absolute atomic E-state index is 0.0260. The number of benzene rings is 2. The molecule has 0 saturated heterocycles. The van der Waals surface area contributed by atoms with E-state index >= 15 is 0 Å². The predicted molar refractivity (Wildman–Crippen MR) is 106 cm³/mol. The van der Waals surface area contributed by atoms with Crippen LogP contribution in [0.5, 0.6) is 0 Å². The number of ketones is 1. The predicted octanol–water partition coefficient (Wildman–Crippen LogP) is 4.27. The van der Waals surface area contributed by atoms with E-state index in [0.717, 1.165) is 22.5 Å². The number of rotatable bonds is 6. The third-order valence-electron chi connectivity index (χ3n) is 4.27. The molecular formula is C22H21N3O2. The summed E-state index contributed by atoms with van der Waals surface area (Å²) < 4.78 is 0. The van der Waals surface area contributed by atoms with Crippen LogP contribution >= 0.6 is 0 Å². The van der Waals surface area contributed by atoms with Crippen LogP contribution in [0.4, 0.5) is 11.4 Å². The van der Waals surface area contributed by atoms with Crippen molar-refractivity contribution in [2.75, 3.05) is 5.32 Å². The van der Waals surface area contributed by atoms with Crippen LogP contribution in [0.3, 0.4) is 0 Å². The lowest BCUT2D eigenvalue weighted by molar-refractivity contribution is 0.0945. The van der Waals surface area contributed by atoms with Gasteiger partial charge in [-0.25, -0.2) is 0 Å². The summed E-state index contributed by atoms with van der Waals surface area (Å²) in [7, 11) is 0. The number of amides is 1. The average molecular weight is 359 g/mol. The Balaban J connectivity index is 1.66. The molecule has 0 radical (unpaired) electrons. The van der Waals surface area contributed by atoms with E-state index in [1.807, 2.05) is 43.3 Å². The third kappa shape index (κ3) is 4.79. The van der Waals surface area contributed by atoms with Crippen molar-refractivity contribution in [1.29, 1.82) is 0 Å². The van der Waals surface area contributed by atoms with Gasteiger partial charge in [-0.2, -0.15) is 0 Å². The number of hydrogen-bond acceptors (Lipinski definition) is 4. The van der Waals surface area contributed by atoms with Gasteiger partial charge in [0.1, 0.15) is 5.69 Å². The highest BCUT2D eigenvalue weighted by molar-refractivity contribution is 5.94. The molecule has 0 aliphatic heterocycles. The Morgan fingerprint density at radius 1 is 0.963 bits per heavy atom. The van der Waals surface area contributed by atoms with Crippen LogP contribution in [0.25, 0.3) is 0 Å². The number of aryl methyl sites for hydroxylation is 1. The molecule has 2 N–H and O–H groups in total. The second kappa shape index (κ2) is 8.27. The normalized spacial score (nSPS) is 10.3. The molecule has 3 rings (SSSR count). The summed E-state index contributed by atoms with van der Waals surface area (Å²) in [5.41, 5.74) is 4.79. The van der Waals surface area contributed by atoms with Crippen LogP contribution in [0.2, 0.25) is 0 Å². The summed E-state index contributed by atoms with van der Waals surface area (Å²) in [6, 6.07) is 18.6. The van der Waals surface area contributed by atoms with E-state index in [4.69, 9.17) is 0 Å². The maximum atomic E-state index is 12.4. The lowest BCUT2D eigenvalue weighted by atomic mass is 10.1. The molecule has 0 bridgehead atoms. The van der Waals surface area contributed by atoms with Crippen molar-refractivity contribution in [1.82, 2.24) is 10.3 Å². The molecule has 0 spiro atoms. The lowest BCUT2D eigenvalue weighted by Crippen LogP contribution is -2.24. The minimum Gasteiger partial charge on any atom is -0.355 e. The number of anilines is 2. The van der Waals surface area contributed by atoms with Crippen molar-refractivity contribution in [2.45, 2.75) is 20.4 Å². The van der Waals surface area contributed by atoms with E-state index in [-0.39, 0.29) is 11.7 Å². The first-order valence-electron chi connectivity index (χ1n) is 8.70. The molecule has 3 aromatic rings. The number of nitrogens with zero attached hydrogens (tertiary/aromatic N) is 1. The number of nitrogens with one attached hydrogen (secondary N) is 2. The maximum Gasteiger partial charge on any atom is 0.270 e. The van der Waals surface area contributed by atoms with Gasteiger partial charge in [0.15, 0.2) is 5.78 Å². The molecule has 5 heteroatoms. The van der Waals surface area contributed by atoms with Gasteiger partial charge in [0.25, 0.3) is 5.91 Å². The second-order valence-corrected chi connectivity index (χ2v) is 6.30.